The highest BCUT2D eigenvalue weighted by Crippen LogP contribution is 2.56. The van der Waals surface area contributed by atoms with Gasteiger partial charge in [-0.25, -0.2) is 0 Å². The predicted molar refractivity (Wildman–Crippen MR) is 170 cm³/mol. The van der Waals surface area contributed by atoms with Gasteiger partial charge in [-0.05, 0) is 73.8 Å². The lowest BCUT2D eigenvalue weighted by molar-refractivity contribution is 0.362. The summed E-state index contributed by atoms with van der Waals surface area (Å²) in [5.41, 5.74) is 12.0. The molecular weight excluding hydrogens is 500 g/mol. The monoisotopic (exact) mass is 530 g/mol. The van der Waals surface area contributed by atoms with Crippen LogP contribution in [0.3, 0.4) is 0 Å². The van der Waals surface area contributed by atoms with Gasteiger partial charge in [-0.15, -0.1) is 0 Å². The van der Waals surface area contributed by atoms with Crippen molar-refractivity contribution in [3.8, 4) is 33.8 Å². The molecule has 0 saturated heterocycles. The summed E-state index contributed by atoms with van der Waals surface area (Å²) in [7, 11) is 0. The first-order valence-electron chi connectivity index (χ1n) is 14.3. The number of phenols is 1. The molecule has 0 saturated carbocycles. The van der Waals surface area contributed by atoms with E-state index in [1.165, 1.54) is 60.8 Å². The molecule has 0 radical (unpaired) electrons. The summed E-state index contributed by atoms with van der Waals surface area (Å²) in [4.78, 5) is 0. The van der Waals surface area contributed by atoms with Gasteiger partial charge in [-0.2, -0.15) is 0 Å². The highest BCUT2D eigenvalue weighted by Gasteiger charge is 2.39. The summed E-state index contributed by atoms with van der Waals surface area (Å²) in [6.07, 6.45) is 5.29. The van der Waals surface area contributed by atoms with Crippen molar-refractivity contribution in [3.05, 3.63) is 137 Å². The van der Waals surface area contributed by atoms with Gasteiger partial charge >= 0.3 is 0 Å². The van der Waals surface area contributed by atoms with E-state index in [0.717, 1.165) is 22.9 Å². The average Bonchev–Trinajstić information content (AvgIpc) is 3.50. The van der Waals surface area contributed by atoms with E-state index >= 15 is 0 Å². The van der Waals surface area contributed by atoms with Crippen LogP contribution >= 0.6 is 0 Å². The van der Waals surface area contributed by atoms with Crippen LogP contribution in [0.15, 0.2) is 109 Å². The van der Waals surface area contributed by atoms with E-state index in [-0.39, 0.29) is 5.41 Å². The summed E-state index contributed by atoms with van der Waals surface area (Å²) in [5, 5.41) is 14.7. The largest absolute Gasteiger partial charge is 0.507 e. The molecule has 1 heterocycles. The molecule has 0 bridgehead atoms. The highest BCUT2D eigenvalue weighted by atomic mass is 16.5. The van der Waals surface area contributed by atoms with Gasteiger partial charge in [0.1, 0.15) is 18.1 Å². The maximum Gasteiger partial charge on any atom is 0.135 e. The van der Waals surface area contributed by atoms with Crippen LogP contribution in [0.5, 0.6) is 11.5 Å². The zero-order valence-electron chi connectivity index (χ0n) is 23.2. The zero-order chi connectivity index (χ0) is 27.7. The summed E-state index contributed by atoms with van der Waals surface area (Å²) < 4.78 is 6.07. The molecule has 0 unspecified atom stereocenters. The molecule has 0 amide bonds. The molecule has 0 atom stereocenters. The predicted octanol–water partition coefficient (Wildman–Crippen LogP) is 9.67. The van der Waals surface area contributed by atoms with Gasteiger partial charge in [0.05, 0.1) is 0 Å². The van der Waals surface area contributed by atoms with Crippen molar-refractivity contribution in [1.29, 1.82) is 0 Å². The molecule has 2 aliphatic carbocycles. The zero-order valence-corrected chi connectivity index (χ0v) is 23.2. The molecular formula is C39H30O2. The van der Waals surface area contributed by atoms with Crippen molar-refractivity contribution in [2.45, 2.75) is 25.7 Å². The van der Waals surface area contributed by atoms with Gasteiger partial charge in [-0.1, -0.05) is 117 Å². The van der Waals surface area contributed by atoms with Crippen molar-refractivity contribution >= 4 is 27.6 Å². The molecule has 9 rings (SSSR count). The number of ether oxygens (including phenoxy) is 1. The van der Waals surface area contributed by atoms with Gasteiger partial charge in [0.25, 0.3) is 0 Å². The molecule has 0 fully saturated rings. The SMILES string of the molecule is CC1(C)c2ccccc2-c2c1c1c(c3ccccc23)OCC=C1.Oc1cc2c(c3ccccc13)-c1ccccc1C2. The fraction of sp³-hybridized carbons (Fsp3) is 0.128. The maximum atomic E-state index is 10.1. The highest BCUT2D eigenvalue weighted by molar-refractivity contribution is 6.08. The maximum absolute atomic E-state index is 10.1. The first-order valence-corrected chi connectivity index (χ1v) is 14.3. The number of phenolic OH excluding ortho intramolecular Hbond substituents is 1. The van der Waals surface area contributed by atoms with Crippen LogP contribution in [0.2, 0.25) is 0 Å². The molecule has 6 aromatic rings. The standard InChI is InChI=1S/C22H18O.C17H12O/c1-22(2)18-12-6-5-10-16(18)19-14-8-3-4-9-15(14)21-17(20(19)22)11-7-13-23-21;18-16-10-12-9-11-5-1-2-6-13(11)17(12)15-8-4-3-7-14(15)16/h3-12H,13H2,1-2H3;1-8,10,18H,9H2. The first kappa shape index (κ1) is 24.0. The van der Waals surface area contributed by atoms with E-state index in [4.69, 9.17) is 4.74 Å². The van der Waals surface area contributed by atoms with Crippen LogP contribution in [0.25, 0.3) is 49.9 Å². The van der Waals surface area contributed by atoms with Crippen molar-refractivity contribution in [1.82, 2.24) is 0 Å². The molecule has 2 nitrogen and oxygen atoms in total. The Morgan fingerprint density at radius 3 is 2.10 bits per heavy atom. The lowest BCUT2D eigenvalue weighted by Gasteiger charge is -2.27. The summed E-state index contributed by atoms with van der Waals surface area (Å²) in [6, 6.07) is 35.9. The van der Waals surface area contributed by atoms with E-state index in [1.54, 1.807) is 0 Å². The molecule has 1 aliphatic heterocycles. The van der Waals surface area contributed by atoms with Gasteiger partial charge in [0.15, 0.2) is 0 Å². The third-order valence-corrected chi connectivity index (χ3v) is 9.08. The second-order valence-electron chi connectivity index (χ2n) is 11.7. The number of hydrogen-bond acceptors (Lipinski definition) is 2. The normalized spacial score (nSPS) is 14.8. The van der Waals surface area contributed by atoms with Crippen LogP contribution in [0.4, 0.5) is 0 Å². The minimum absolute atomic E-state index is 0.00885. The number of benzene rings is 6. The lowest BCUT2D eigenvalue weighted by atomic mass is 9.78. The average molecular weight is 531 g/mol. The molecule has 3 aliphatic rings. The second-order valence-corrected chi connectivity index (χ2v) is 11.7. The van der Waals surface area contributed by atoms with Gasteiger partial charge in [0, 0.05) is 21.8 Å². The molecule has 198 valence electrons. The molecule has 6 aromatic carbocycles. The van der Waals surface area contributed by atoms with Crippen LogP contribution in [0.1, 0.15) is 41.7 Å². The smallest absolute Gasteiger partial charge is 0.135 e. The lowest BCUT2D eigenvalue weighted by Crippen LogP contribution is -2.18. The van der Waals surface area contributed by atoms with Crippen molar-refractivity contribution in [3.63, 3.8) is 0 Å². The number of rotatable bonds is 0. The third kappa shape index (κ3) is 3.44. The fourth-order valence-electron chi connectivity index (χ4n) is 7.34. The van der Waals surface area contributed by atoms with E-state index in [2.05, 4.69) is 105 Å². The number of fused-ring (bicyclic) bond motifs is 13. The Bertz CT molecular complexity index is 2060. The Hall–Kier alpha value is -4.82. The van der Waals surface area contributed by atoms with Gasteiger partial charge in [0.2, 0.25) is 0 Å². The fourth-order valence-corrected chi connectivity index (χ4v) is 7.34. The Morgan fingerprint density at radius 1 is 0.659 bits per heavy atom. The summed E-state index contributed by atoms with van der Waals surface area (Å²) in [5.74, 6) is 1.43. The second kappa shape index (κ2) is 8.84. The van der Waals surface area contributed by atoms with Crippen molar-refractivity contribution < 1.29 is 9.84 Å². The number of hydrogen-bond donors (Lipinski definition) is 1. The minimum Gasteiger partial charge on any atom is -0.507 e. The van der Waals surface area contributed by atoms with E-state index in [0.29, 0.717) is 12.4 Å². The van der Waals surface area contributed by atoms with E-state index in [9.17, 15) is 5.11 Å². The van der Waals surface area contributed by atoms with Crippen molar-refractivity contribution in [2.75, 3.05) is 6.61 Å². The molecule has 2 heteroatoms. The minimum atomic E-state index is -0.00885. The molecule has 1 N–H and O–H groups in total. The van der Waals surface area contributed by atoms with E-state index < -0.39 is 0 Å². The Morgan fingerprint density at radius 2 is 1.29 bits per heavy atom. The van der Waals surface area contributed by atoms with Crippen LogP contribution in [-0.4, -0.2) is 11.7 Å². The van der Waals surface area contributed by atoms with Crippen LogP contribution < -0.4 is 4.74 Å². The third-order valence-electron chi connectivity index (χ3n) is 9.08. The molecule has 0 spiro atoms. The van der Waals surface area contributed by atoms with Gasteiger partial charge < -0.3 is 9.84 Å². The topological polar surface area (TPSA) is 29.5 Å². The van der Waals surface area contributed by atoms with Gasteiger partial charge in [-0.3, -0.25) is 0 Å². The Kier molecular flexibility index (Phi) is 5.18. The Balaban J connectivity index is 0.000000129. The van der Waals surface area contributed by atoms with E-state index in [1.807, 2.05) is 24.3 Å². The first-order chi connectivity index (χ1) is 20.0. The number of aromatic hydroxyl groups is 1. The molecule has 41 heavy (non-hydrogen) atoms. The Labute approximate surface area is 240 Å². The van der Waals surface area contributed by atoms with Crippen LogP contribution in [-0.2, 0) is 11.8 Å². The van der Waals surface area contributed by atoms with Crippen molar-refractivity contribution in [2.24, 2.45) is 0 Å². The van der Waals surface area contributed by atoms with Crippen LogP contribution in [0, 0.1) is 0 Å². The molecule has 0 aromatic heterocycles. The summed E-state index contributed by atoms with van der Waals surface area (Å²) >= 11 is 0. The summed E-state index contributed by atoms with van der Waals surface area (Å²) in [6.45, 7) is 5.31. The quantitative estimate of drug-likeness (QED) is 0.211.